The fourth-order valence-corrected chi connectivity index (χ4v) is 2.30. The van der Waals surface area contributed by atoms with E-state index < -0.39 is 0 Å². The molecule has 0 aliphatic carbocycles. The van der Waals surface area contributed by atoms with Crippen molar-refractivity contribution in [3.63, 3.8) is 0 Å². The lowest BCUT2D eigenvalue weighted by Gasteiger charge is -2.23. The highest BCUT2D eigenvalue weighted by molar-refractivity contribution is 5.77. The third-order valence-corrected chi connectivity index (χ3v) is 3.11. The van der Waals surface area contributed by atoms with Crippen LogP contribution in [0.2, 0.25) is 0 Å². The van der Waals surface area contributed by atoms with Crippen LogP contribution in [0.15, 0.2) is 12.5 Å². The molecule has 1 atom stereocenters. The maximum Gasteiger partial charge on any atom is 0.248 e. The van der Waals surface area contributed by atoms with Crippen molar-refractivity contribution >= 4 is 5.91 Å². The van der Waals surface area contributed by atoms with Crippen molar-refractivity contribution in [3.05, 3.63) is 18.2 Å². The molecule has 1 aliphatic rings. The number of methoxy groups -OCH3 is 2. The molecule has 0 aromatic carbocycles. The van der Waals surface area contributed by atoms with Crippen molar-refractivity contribution in [1.29, 1.82) is 0 Å². The summed E-state index contributed by atoms with van der Waals surface area (Å²) >= 11 is 0. The zero-order chi connectivity index (χ0) is 13.0. The molecule has 0 saturated heterocycles. The minimum Gasteiger partial charge on any atom is -0.384 e. The van der Waals surface area contributed by atoms with E-state index in [1.807, 2.05) is 17.4 Å². The molecule has 6 heteroatoms. The van der Waals surface area contributed by atoms with Crippen molar-refractivity contribution in [2.75, 3.05) is 34.0 Å². The number of imidazole rings is 1. The molecular formula is C12H19N3O3. The first-order valence-electron chi connectivity index (χ1n) is 5.99. The summed E-state index contributed by atoms with van der Waals surface area (Å²) in [5.74, 6) is 0.291. The van der Waals surface area contributed by atoms with Gasteiger partial charge < -0.3 is 18.9 Å². The molecule has 0 saturated carbocycles. The minimum absolute atomic E-state index is 0.00764. The van der Waals surface area contributed by atoms with Gasteiger partial charge in [-0.3, -0.25) is 4.79 Å². The van der Waals surface area contributed by atoms with Gasteiger partial charge in [-0.15, -0.1) is 0 Å². The van der Waals surface area contributed by atoms with Gasteiger partial charge in [-0.05, 0) is 0 Å². The van der Waals surface area contributed by atoms with Crippen LogP contribution < -0.4 is 0 Å². The Kier molecular flexibility index (Phi) is 4.33. The van der Waals surface area contributed by atoms with E-state index in [9.17, 15) is 4.79 Å². The predicted octanol–water partition coefficient (Wildman–Crippen LogP) is 0.134. The molecular weight excluding hydrogens is 234 g/mol. The molecule has 0 unspecified atom stereocenters. The summed E-state index contributed by atoms with van der Waals surface area (Å²) in [5, 5.41) is 0. The van der Waals surface area contributed by atoms with Crippen LogP contribution >= 0.6 is 0 Å². The maximum atomic E-state index is 12.0. The summed E-state index contributed by atoms with van der Waals surface area (Å²) in [6.07, 6.45) is 3.62. The predicted molar refractivity (Wildman–Crippen MR) is 64.9 cm³/mol. The second-order valence-corrected chi connectivity index (χ2v) is 4.57. The number of nitrogens with zero attached hydrogens (tertiary/aromatic N) is 3. The summed E-state index contributed by atoms with van der Waals surface area (Å²) in [6.45, 7) is 2.86. The van der Waals surface area contributed by atoms with Gasteiger partial charge >= 0.3 is 0 Å². The maximum absolute atomic E-state index is 12.0. The Balaban J connectivity index is 2.14. The Bertz CT molecular complexity index is 405. The van der Waals surface area contributed by atoms with Gasteiger partial charge in [-0.25, -0.2) is 4.98 Å². The van der Waals surface area contributed by atoms with Gasteiger partial charge in [0.05, 0.1) is 25.2 Å². The van der Waals surface area contributed by atoms with Crippen LogP contribution in [0.3, 0.4) is 0 Å². The van der Waals surface area contributed by atoms with Crippen LogP contribution in [0.5, 0.6) is 0 Å². The van der Waals surface area contributed by atoms with Gasteiger partial charge in [0, 0.05) is 39.4 Å². The van der Waals surface area contributed by atoms with E-state index in [1.165, 1.54) is 7.11 Å². The molecule has 1 aliphatic heterocycles. The monoisotopic (exact) mass is 253 g/mol. The molecule has 0 spiro atoms. The average Bonchev–Trinajstić information content (AvgIpc) is 2.69. The molecule has 0 radical (unpaired) electrons. The van der Waals surface area contributed by atoms with E-state index in [2.05, 4.69) is 9.55 Å². The van der Waals surface area contributed by atoms with Crippen LogP contribution in [-0.4, -0.2) is 54.3 Å². The fourth-order valence-electron chi connectivity index (χ4n) is 2.30. The third kappa shape index (κ3) is 2.88. The van der Waals surface area contributed by atoms with Crippen LogP contribution in [0.4, 0.5) is 0 Å². The highest BCUT2D eigenvalue weighted by Crippen LogP contribution is 2.16. The lowest BCUT2D eigenvalue weighted by atomic mass is 10.1. The number of carbonyl (C=O) groups excluding carboxylic acids is 1. The largest absolute Gasteiger partial charge is 0.384 e. The van der Waals surface area contributed by atoms with E-state index in [0.29, 0.717) is 19.7 Å². The lowest BCUT2D eigenvalue weighted by molar-refractivity contribution is -0.136. The first kappa shape index (κ1) is 13.0. The Morgan fingerprint density at radius 2 is 2.28 bits per heavy atom. The van der Waals surface area contributed by atoms with Gasteiger partial charge in [-0.2, -0.15) is 0 Å². The number of amides is 1. The molecule has 18 heavy (non-hydrogen) atoms. The Morgan fingerprint density at radius 1 is 1.44 bits per heavy atom. The highest BCUT2D eigenvalue weighted by atomic mass is 16.5. The van der Waals surface area contributed by atoms with E-state index >= 15 is 0 Å². The quantitative estimate of drug-likeness (QED) is 0.765. The van der Waals surface area contributed by atoms with Crippen LogP contribution in [0.25, 0.3) is 0 Å². The fraction of sp³-hybridized carbons (Fsp3) is 0.667. The number of fused-ring (bicyclic) bond motifs is 1. The number of ether oxygens (including phenoxy) is 2. The van der Waals surface area contributed by atoms with Crippen molar-refractivity contribution in [2.45, 2.75) is 13.1 Å². The molecule has 2 rings (SSSR count). The van der Waals surface area contributed by atoms with E-state index in [4.69, 9.17) is 9.47 Å². The number of hydrogen-bond donors (Lipinski definition) is 0. The minimum atomic E-state index is 0.00764. The molecule has 1 amide bonds. The molecule has 2 heterocycles. The number of rotatable bonds is 4. The van der Waals surface area contributed by atoms with Crippen molar-refractivity contribution in [2.24, 2.45) is 5.92 Å². The second kappa shape index (κ2) is 5.97. The Morgan fingerprint density at radius 3 is 3.00 bits per heavy atom. The first-order valence-corrected chi connectivity index (χ1v) is 5.99. The zero-order valence-corrected chi connectivity index (χ0v) is 10.8. The van der Waals surface area contributed by atoms with Crippen molar-refractivity contribution < 1.29 is 14.3 Å². The van der Waals surface area contributed by atoms with E-state index in [1.54, 1.807) is 7.11 Å². The molecule has 6 nitrogen and oxygen atoms in total. The molecule has 1 aromatic rings. The molecule has 0 fully saturated rings. The third-order valence-electron chi connectivity index (χ3n) is 3.11. The number of aromatic nitrogens is 2. The molecule has 0 bridgehead atoms. The zero-order valence-electron chi connectivity index (χ0n) is 10.8. The standard InChI is InChI=1S/C12H19N3O3/c1-17-7-10-4-14(12(16)8-18-2)6-11-3-13-9-15(11)5-10/h3,9-10H,4-8H2,1-2H3/t10-/m0/s1. The normalized spacial score (nSPS) is 19.4. The van der Waals surface area contributed by atoms with Crippen LogP contribution in [0.1, 0.15) is 5.69 Å². The van der Waals surface area contributed by atoms with Gasteiger partial charge in [0.1, 0.15) is 6.61 Å². The Hall–Kier alpha value is -1.40. The summed E-state index contributed by atoms with van der Waals surface area (Å²) in [7, 11) is 3.22. The van der Waals surface area contributed by atoms with E-state index in [0.717, 1.165) is 12.2 Å². The highest BCUT2D eigenvalue weighted by Gasteiger charge is 2.24. The second-order valence-electron chi connectivity index (χ2n) is 4.57. The average molecular weight is 253 g/mol. The van der Waals surface area contributed by atoms with Gasteiger partial charge in [0.25, 0.3) is 0 Å². The van der Waals surface area contributed by atoms with Crippen LogP contribution in [-0.2, 0) is 27.4 Å². The molecule has 0 N–H and O–H groups in total. The summed E-state index contributed by atoms with van der Waals surface area (Å²) in [5.41, 5.74) is 1.05. The SMILES string of the molecule is COCC(=O)N1Cc2cncn2C[C@@H](COC)C1. The molecule has 1 aromatic heterocycles. The van der Waals surface area contributed by atoms with Gasteiger partial charge in [0.15, 0.2) is 0 Å². The number of hydrogen-bond acceptors (Lipinski definition) is 4. The van der Waals surface area contributed by atoms with Gasteiger partial charge in [-0.1, -0.05) is 0 Å². The number of carbonyl (C=O) groups is 1. The van der Waals surface area contributed by atoms with Gasteiger partial charge in [0.2, 0.25) is 5.91 Å². The summed E-state index contributed by atoms with van der Waals surface area (Å²) < 4.78 is 12.2. The topological polar surface area (TPSA) is 56.6 Å². The molecule has 100 valence electrons. The van der Waals surface area contributed by atoms with Crippen LogP contribution in [0, 0.1) is 5.92 Å². The van der Waals surface area contributed by atoms with Crippen molar-refractivity contribution in [3.8, 4) is 0 Å². The lowest BCUT2D eigenvalue weighted by Crippen LogP contribution is -2.37. The first-order chi connectivity index (χ1) is 8.74. The Labute approximate surface area is 106 Å². The summed E-state index contributed by atoms with van der Waals surface area (Å²) in [6, 6.07) is 0. The van der Waals surface area contributed by atoms with Crippen molar-refractivity contribution in [1.82, 2.24) is 14.5 Å². The smallest absolute Gasteiger partial charge is 0.248 e. The summed E-state index contributed by atoms with van der Waals surface area (Å²) in [4.78, 5) is 17.9. The van der Waals surface area contributed by atoms with E-state index in [-0.39, 0.29) is 18.4 Å².